The third-order valence-electron chi connectivity index (χ3n) is 3.59. The van der Waals surface area contributed by atoms with Crippen LogP contribution in [0.3, 0.4) is 0 Å². The molecule has 1 heterocycles. The monoisotopic (exact) mass is 350 g/mol. The molecular formula is C18H23FN2O2S. The molecule has 1 aromatic carbocycles. The molecule has 0 aliphatic heterocycles. The first-order valence-corrected chi connectivity index (χ1v) is 8.92. The molecule has 24 heavy (non-hydrogen) atoms. The Morgan fingerprint density at radius 1 is 1.38 bits per heavy atom. The summed E-state index contributed by atoms with van der Waals surface area (Å²) < 4.78 is 18.6. The van der Waals surface area contributed by atoms with Gasteiger partial charge in [-0.25, -0.2) is 14.2 Å². The van der Waals surface area contributed by atoms with Gasteiger partial charge in [0.25, 0.3) is 0 Å². The second kappa shape index (κ2) is 8.89. The van der Waals surface area contributed by atoms with E-state index in [4.69, 9.17) is 4.74 Å². The average Bonchev–Trinajstić information content (AvgIpc) is 2.91. The van der Waals surface area contributed by atoms with Gasteiger partial charge in [0.05, 0.1) is 6.61 Å². The van der Waals surface area contributed by atoms with Crippen molar-refractivity contribution in [3.8, 4) is 0 Å². The van der Waals surface area contributed by atoms with Gasteiger partial charge in [-0.1, -0.05) is 17.7 Å². The van der Waals surface area contributed by atoms with Crippen LogP contribution in [0.2, 0.25) is 0 Å². The van der Waals surface area contributed by atoms with Crippen LogP contribution in [0, 0.1) is 19.7 Å². The zero-order valence-electron chi connectivity index (χ0n) is 14.3. The van der Waals surface area contributed by atoms with Gasteiger partial charge in [0.2, 0.25) is 0 Å². The lowest BCUT2D eigenvalue weighted by molar-refractivity contribution is 0.0519. The lowest BCUT2D eigenvalue weighted by atomic mass is 10.1. The number of halogens is 1. The van der Waals surface area contributed by atoms with Gasteiger partial charge in [-0.3, -0.25) is 0 Å². The third kappa shape index (κ3) is 5.11. The minimum atomic E-state index is -0.368. The lowest BCUT2D eigenvalue weighted by Crippen LogP contribution is -2.15. The molecule has 4 nitrogen and oxygen atoms in total. The van der Waals surface area contributed by atoms with E-state index in [0.717, 1.165) is 34.0 Å². The fourth-order valence-electron chi connectivity index (χ4n) is 2.41. The van der Waals surface area contributed by atoms with E-state index in [-0.39, 0.29) is 11.8 Å². The van der Waals surface area contributed by atoms with Crippen molar-refractivity contribution in [2.75, 3.05) is 13.2 Å². The van der Waals surface area contributed by atoms with Crippen molar-refractivity contribution in [1.29, 1.82) is 0 Å². The van der Waals surface area contributed by atoms with Crippen LogP contribution in [-0.4, -0.2) is 24.1 Å². The Kier molecular flexibility index (Phi) is 6.87. The van der Waals surface area contributed by atoms with E-state index in [1.54, 1.807) is 13.0 Å². The molecule has 2 rings (SSSR count). The summed E-state index contributed by atoms with van der Waals surface area (Å²) in [6.45, 7) is 7.32. The van der Waals surface area contributed by atoms with Gasteiger partial charge in [0.15, 0.2) is 5.69 Å². The predicted molar refractivity (Wildman–Crippen MR) is 94.0 cm³/mol. The molecule has 0 unspecified atom stereocenters. The number of benzene rings is 1. The number of nitrogens with one attached hydrogen (secondary N) is 1. The van der Waals surface area contributed by atoms with Crippen molar-refractivity contribution >= 4 is 17.3 Å². The van der Waals surface area contributed by atoms with Gasteiger partial charge in [-0.2, -0.15) is 0 Å². The second-order valence-corrected chi connectivity index (χ2v) is 6.90. The number of aryl methyl sites for hydroxylation is 3. The molecule has 0 aliphatic rings. The van der Waals surface area contributed by atoms with Crippen LogP contribution >= 0.6 is 11.3 Å². The highest BCUT2D eigenvalue weighted by molar-refractivity contribution is 7.11. The molecule has 0 amide bonds. The molecule has 2 aromatic rings. The summed E-state index contributed by atoms with van der Waals surface area (Å²) in [7, 11) is 0. The zero-order valence-corrected chi connectivity index (χ0v) is 15.1. The number of hydrogen-bond donors (Lipinski definition) is 1. The van der Waals surface area contributed by atoms with Crippen LogP contribution in [-0.2, 0) is 17.7 Å². The van der Waals surface area contributed by atoms with Crippen molar-refractivity contribution < 1.29 is 13.9 Å². The molecule has 1 N–H and O–H groups in total. The smallest absolute Gasteiger partial charge is 0.358 e. The number of hydrogen-bond acceptors (Lipinski definition) is 5. The fraction of sp³-hybridized carbons (Fsp3) is 0.444. The molecule has 0 saturated carbocycles. The van der Waals surface area contributed by atoms with Crippen LogP contribution < -0.4 is 5.32 Å². The van der Waals surface area contributed by atoms with E-state index < -0.39 is 0 Å². The van der Waals surface area contributed by atoms with E-state index in [2.05, 4.69) is 10.3 Å². The maximum absolute atomic E-state index is 13.7. The van der Waals surface area contributed by atoms with Crippen molar-refractivity contribution in [1.82, 2.24) is 10.3 Å². The number of rotatable bonds is 8. The number of aromatic nitrogens is 1. The first-order valence-electron chi connectivity index (χ1n) is 8.10. The van der Waals surface area contributed by atoms with E-state index in [1.165, 1.54) is 17.4 Å². The SMILES string of the molecule is CCOC(=O)c1nc(CNCCCc2cc(C)ccc2F)sc1C. The van der Waals surface area contributed by atoms with E-state index in [1.807, 2.05) is 19.9 Å². The van der Waals surface area contributed by atoms with Crippen molar-refractivity contribution in [3.63, 3.8) is 0 Å². The Hall–Kier alpha value is -1.79. The average molecular weight is 350 g/mol. The van der Waals surface area contributed by atoms with Gasteiger partial charge < -0.3 is 10.1 Å². The van der Waals surface area contributed by atoms with Crippen molar-refractivity contribution in [2.24, 2.45) is 0 Å². The molecule has 6 heteroatoms. The quantitative estimate of drug-likeness (QED) is 0.581. The Bertz CT molecular complexity index is 700. The minimum absolute atomic E-state index is 0.143. The van der Waals surface area contributed by atoms with E-state index in [0.29, 0.717) is 25.3 Å². The minimum Gasteiger partial charge on any atom is -0.461 e. The summed E-state index contributed by atoms with van der Waals surface area (Å²) in [4.78, 5) is 16.9. The standard InChI is InChI=1S/C18H23FN2O2S/c1-4-23-18(22)17-13(3)24-16(21-17)11-20-9-5-6-14-10-12(2)7-8-15(14)19/h7-8,10,20H,4-6,9,11H2,1-3H3. The number of carbonyl (C=O) groups excluding carboxylic acids is 1. The molecule has 0 fully saturated rings. The Morgan fingerprint density at radius 3 is 2.92 bits per heavy atom. The highest BCUT2D eigenvalue weighted by Gasteiger charge is 2.16. The molecule has 130 valence electrons. The molecule has 0 atom stereocenters. The lowest BCUT2D eigenvalue weighted by Gasteiger charge is -2.05. The zero-order chi connectivity index (χ0) is 17.5. The fourth-order valence-corrected chi connectivity index (χ4v) is 3.30. The second-order valence-electron chi connectivity index (χ2n) is 5.61. The largest absolute Gasteiger partial charge is 0.461 e. The van der Waals surface area contributed by atoms with Crippen molar-refractivity contribution in [3.05, 3.63) is 50.7 Å². The predicted octanol–water partition coefficient (Wildman–Crippen LogP) is 3.80. The van der Waals surface area contributed by atoms with Crippen LogP contribution in [0.15, 0.2) is 18.2 Å². The van der Waals surface area contributed by atoms with Gasteiger partial charge >= 0.3 is 5.97 Å². The highest BCUT2D eigenvalue weighted by atomic mass is 32.1. The van der Waals surface area contributed by atoms with E-state index >= 15 is 0 Å². The highest BCUT2D eigenvalue weighted by Crippen LogP contribution is 2.18. The molecule has 1 aromatic heterocycles. The maximum Gasteiger partial charge on any atom is 0.358 e. The number of ether oxygens (including phenoxy) is 1. The van der Waals surface area contributed by atoms with Crippen LogP contribution in [0.25, 0.3) is 0 Å². The Labute approximate surface area is 146 Å². The van der Waals surface area contributed by atoms with Crippen LogP contribution in [0.1, 0.15) is 44.8 Å². The van der Waals surface area contributed by atoms with E-state index in [9.17, 15) is 9.18 Å². The molecule has 0 saturated heterocycles. The molecular weight excluding hydrogens is 327 g/mol. The first-order chi connectivity index (χ1) is 11.5. The Balaban J connectivity index is 1.77. The molecule has 0 spiro atoms. The first kappa shape index (κ1) is 18.5. The summed E-state index contributed by atoms with van der Waals surface area (Å²) in [5.41, 5.74) is 2.23. The van der Waals surface area contributed by atoms with Gasteiger partial charge in [0, 0.05) is 11.4 Å². The molecule has 0 bridgehead atoms. The topological polar surface area (TPSA) is 51.2 Å². The van der Waals surface area contributed by atoms with Gasteiger partial charge in [-0.15, -0.1) is 11.3 Å². The summed E-state index contributed by atoms with van der Waals surface area (Å²) in [6, 6.07) is 5.20. The van der Waals surface area contributed by atoms with Gasteiger partial charge in [0.1, 0.15) is 10.8 Å². The van der Waals surface area contributed by atoms with Gasteiger partial charge in [-0.05, 0) is 51.8 Å². The Morgan fingerprint density at radius 2 is 2.17 bits per heavy atom. The molecule has 0 aliphatic carbocycles. The molecule has 0 radical (unpaired) electrons. The summed E-state index contributed by atoms with van der Waals surface area (Å²) in [5, 5.41) is 4.15. The van der Waals surface area contributed by atoms with Crippen LogP contribution in [0.4, 0.5) is 4.39 Å². The summed E-state index contributed by atoms with van der Waals surface area (Å²) in [6.07, 6.45) is 1.54. The number of nitrogens with zero attached hydrogens (tertiary/aromatic N) is 1. The van der Waals surface area contributed by atoms with Crippen LogP contribution in [0.5, 0.6) is 0 Å². The number of thiazole rings is 1. The maximum atomic E-state index is 13.7. The third-order valence-corrected chi connectivity index (χ3v) is 4.56. The normalized spacial score (nSPS) is 10.8. The number of esters is 1. The van der Waals surface area contributed by atoms with Crippen molar-refractivity contribution in [2.45, 2.75) is 40.2 Å². The summed E-state index contributed by atoms with van der Waals surface area (Å²) >= 11 is 1.49. The summed E-state index contributed by atoms with van der Waals surface area (Å²) in [5.74, 6) is -0.511. The number of carbonyl (C=O) groups is 1.